The van der Waals surface area contributed by atoms with Gasteiger partial charge in [0.2, 0.25) is 5.88 Å². The molecule has 2 fully saturated rings. The fourth-order valence-electron chi connectivity index (χ4n) is 3.28. The molecule has 0 amide bonds. The van der Waals surface area contributed by atoms with Gasteiger partial charge < -0.3 is 24.8 Å². The van der Waals surface area contributed by atoms with E-state index < -0.39 is 0 Å². The van der Waals surface area contributed by atoms with Crippen molar-refractivity contribution >= 4 is 29.9 Å². The maximum Gasteiger partial charge on any atom is 0.213 e. The summed E-state index contributed by atoms with van der Waals surface area (Å²) in [7, 11) is 1.65. The van der Waals surface area contributed by atoms with Gasteiger partial charge in [0, 0.05) is 25.9 Å². The van der Waals surface area contributed by atoms with Crippen LogP contribution in [0, 0.1) is 0 Å². The van der Waals surface area contributed by atoms with Gasteiger partial charge >= 0.3 is 0 Å². The minimum Gasteiger partial charge on any atom is -0.475 e. The van der Waals surface area contributed by atoms with Crippen molar-refractivity contribution in [3.63, 3.8) is 0 Å². The lowest BCUT2D eigenvalue weighted by atomic mass is 9.96. The summed E-state index contributed by atoms with van der Waals surface area (Å²) in [5, 5.41) is 6.83. The van der Waals surface area contributed by atoms with Crippen LogP contribution >= 0.6 is 24.0 Å². The number of hydrogen-bond acceptors (Lipinski definition) is 5. The zero-order chi connectivity index (χ0) is 17.5. The number of nitrogens with zero attached hydrogens (tertiary/aromatic N) is 2. The van der Waals surface area contributed by atoms with Gasteiger partial charge in [-0.1, -0.05) is 6.07 Å². The second kappa shape index (κ2) is 10.9. The molecule has 8 heteroatoms. The van der Waals surface area contributed by atoms with E-state index in [4.69, 9.17) is 14.2 Å². The number of guanidine groups is 1. The Morgan fingerprint density at radius 2 is 2.23 bits per heavy atom. The molecular formula is C18H29IN4O3. The van der Waals surface area contributed by atoms with Crippen LogP contribution in [0.15, 0.2) is 23.3 Å². The molecule has 2 bridgehead atoms. The third kappa shape index (κ3) is 5.95. The first kappa shape index (κ1) is 21.2. The predicted octanol–water partition coefficient (Wildman–Crippen LogP) is 2.10. The van der Waals surface area contributed by atoms with Gasteiger partial charge in [0.05, 0.1) is 31.4 Å². The highest BCUT2D eigenvalue weighted by atomic mass is 127. The van der Waals surface area contributed by atoms with Gasteiger partial charge in [-0.05, 0) is 31.7 Å². The number of methoxy groups -OCH3 is 1. The summed E-state index contributed by atoms with van der Waals surface area (Å²) in [4.78, 5) is 8.97. The number of fused-ring (bicyclic) bond motifs is 2. The highest BCUT2D eigenvalue weighted by Gasteiger charge is 2.41. The Morgan fingerprint density at radius 3 is 2.85 bits per heavy atom. The largest absolute Gasteiger partial charge is 0.475 e. The first-order chi connectivity index (χ1) is 12.3. The molecule has 3 rings (SSSR count). The minimum absolute atomic E-state index is 0. The fraction of sp³-hybridized carbons (Fsp3) is 0.667. The molecule has 2 saturated heterocycles. The van der Waals surface area contributed by atoms with Crippen molar-refractivity contribution in [3.05, 3.63) is 23.9 Å². The van der Waals surface area contributed by atoms with E-state index in [1.807, 2.05) is 12.1 Å². The molecule has 2 aliphatic heterocycles. The molecule has 0 saturated carbocycles. The van der Waals surface area contributed by atoms with Crippen LogP contribution in [0.4, 0.5) is 0 Å². The van der Waals surface area contributed by atoms with Crippen LogP contribution in [0.25, 0.3) is 0 Å². The van der Waals surface area contributed by atoms with Crippen molar-refractivity contribution in [1.29, 1.82) is 0 Å². The molecule has 1 aromatic heterocycles. The smallest absolute Gasteiger partial charge is 0.213 e. The molecule has 7 nitrogen and oxygen atoms in total. The molecule has 3 atom stereocenters. The van der Waals surface area contributed by atoms with Crippen LogP contribution in [0.2, 0.25) is 0 Å². The van der Waals surface area contributed by atoms with E-state index in [-0.39, 0.29) is 24.0 Å². The molecule has 0 aliphatic carbocycles. The Labute approximate surface area is 172 Å². The minimum atomic E-state index is 0. The first-order valence-electron chi connectivity index (χ1n) is 9.05. The van der Waals surface area contributed by atoms with E-state index in [1.165, 1.54) is 6.42 Å². The summed E-state index contributed by atoms with van der Waals surface area (Å²) in [6.07, 6.45) is 5.98. The maximum atomic E-state index is 5.90. The number of rotatable bonds is 8. The van der Waals surface area contributed by atoms with Gasteiger partial charge in [-0.15, -0.1) is 24.0 Å². The molecule has 146 valence electrons. The normalized spacial score (nSPS) is 24.2. The molecule has 2 aliphatic rings. The highest BCUT2D eigenvalue weighted by Crippen LogP contribution is 2.34. The standard InChI is InChI=1S/C18H28N4O3.HI/c1-3-19-18(22-15-10-14-5-6-16(15)25-14)21-12-13-4-7-17(20-11-13)24-9-8-23-2;/h4,7,11,14-16H,3,5-6,8-10,12H2,1-2H3,(H2,19,21,22);1H. The molecule has 2 N–H and O–H groups in total. The second-order valence-corrected chi connectivity index (χ2v) is 6.40. The molecule has 1 aromatic rings. The van der Waals surface area contributed by atoms with Gasteiger partial charge in [0.25, 0.3) is 0 Å². The van der Waals surface area contributed by atoms with Crippen molar-refractivity contribution in [1.82, 2.24) is 15.6 Å². The Kier molecular flexibility index (Phi) is 8.86. The van der Waals surface area contributed by atoms with Crippen molar-refractivity contribution in [2.45, 2.75) is 51.0 Å². The van der Waals surface area contributed by atoms with Crippen LogP contribution in [0.5, 0.6) is 5.88 Å². The lowest BCUT2D eigenvalue weighted by Gasteiger charge is -2.22. The average molecular weight is 476 g/mol. The fourth-order valence-corrected chi connectivity index (χ4v) is 3.28. The summed E-state index contributed by atoms with van der Waals surface area (Å²) >= 11 is 0. The first-order valence-corrected chi connectivity index (χ1v) is 9.05. The van der Waals surface area contributed by atoms with Gasteiger partial charge in [-0.3, -0.25) is 0 Å². The maximum absolute atomic E-state index is 5.90. The molecule has 3 unspecified atom stereocenters. The Morgan fingerprint density at radius 1 is 1.35 bits per heavy atom. The van der Waals surface area contributed by atoms with Gasteiger partial charge in [-0.25, -0.2) is 9.98 Å². The van der Waals surface area contributed by atoms with Crippen LogP contribution in [0.1, 0.15) is 31.7 Å². The number of aromatic nitrogens is 1. The lowest BCUT2D eigenvalue weighted by Crippen LogP contribution is -2.47. The zero-order valence-electron chi connectivity index (χ0n) is 15.4. The lowest BCUT2D eigenvalue weighted by molar-refractivity contribution is 0.0992. The summed E-state index contributed by atoms with van der Waals surface area (Å²) in [6.45, 7) is 4.53. The van der Waals surface area contributed by atoms with E-state index in [2.05, 4.69) is 27.5 Å². The van der Waals surface area contributed by atoms with E-state index in [1.54, 1.807) is 13.3 Å². The van der Waals surface area contributed by atoms with Crippen molar-refractivity contribution in [2.75, 3.05) is 26.9 Å². The highest BCUT2D eigenvalue weighted by molar-refractivity contribution is 14.0. The topological polar surface area (TPSA) is 77.0 Å². The second-order valence-electron chi connectivity index (χ2n) is 6.40. The van der Waals surface area contributed by atoms with Crippen molar-refractivity contribution in [3.8, 4) is 5.88 Å². The SMILES string of the molecule is CCNC(=NCc1ccc(OCCOC)nc1)NC1CC2CCC1O2.I. The summed E-state index contributed by atoms with van der Waals surface area (Å²) in [5.74, 6) is 1.44. The molecular weight excluding hydrogens is 447 g/mol. The van der Waals surface area contributed by atoms with E-state index in [0.29, 0.717) is 43.9 Å². The average Bonchev–Trinajstić information content (AvgIpc) is 3.24. The number of hydrogen-bond donors (Lipinski definition) is 2. The number of pyridine rings is 1. The monoisotopic (exact) mass is 476 g/mol. The van der Waals surface area contributed by atoms with Crippen LogP contribution in [-0.4, -0.2) is 56.1 Å². The van der Waals surface area contributed by atoms with E-state index in [9.17, 15) is 0 Å². The predicted molar refractivity (Wildman–Crippen MR) is 111 cm³/mol. The Balaban J connectivity index is 0.00000243. The van der Waals surface area contributed by atoms with Crippen LogP contribution < -0.4 is 15.4 Å². The van der Waals surface area contributed by atoms with Crippen molar-refractivity contribution in [2.24, 2.45) is 4.99 Å². The molecule has 0 aromatic carbocycles. The molecule has 0 spiro atoms. The quantitative estimate of drug-likeness (QED) is 0.259. The number of aliphatic imine (C=N–C) groups is 1. The summed E-state index contributed by atoms with van der Waals surface area (Å²) in [5.41, 5.74) is 1.04. The van der Waals surface area contributed by atoms with Gasteiger partial charge in [0.15, 0.2) is 5.96 Å². The van der Waals surface area contributed by atoms with E-state index in [0.717, 1.165) is 30.9 Å². The summed E-state index contributed by atoms with van der Waals surface area (Å²) < 4.78 is 16.3. The van der Waals surface area contributed by atoms with Crippen molar-refractivity contribution < 1.29 is 14.2 Å². The molecule has 0 radical (unpaired) electrons. The van der Waals surface area contributed by atoms with Crippen LogP contribution in [-0.2, 0) is 16.0 Å². The third-order valence-corrected chi connectivity index (χ3v) is 4.53. The molecule has 26 heavy (non-hydrogen) atoms. The number of ether oxygens (including phenoxy) is 3. The Bertz CT molecular complexity index is 570. The van der Waals surface area contributed by atoms with Gasteiger partial charge in [-0.2, -0.15) is 0 Å². The number of halogens is 1. The van der Waals surface area contributed by atoms with E-state index >= 15 is 0 Å². The van der Waals surface area contributed by atoms with Crippen LogP contribution in [0.3, 0.4) is 0 Å². The zero-order valence-corrected chi connectivity index (χ0v) is 17.8. The van der Waals surface area contributed by atoms with Gasteiger partial charge in [0.1, 0.15) is 6.61 Å². The summed E-state index contributed by atoms with van der Waals surface area (Å²) in [6, 6.07) is 4.22. The Hall–Kier alpha value is -1.13. The molecule has 3 heterocycles. The third-order valence-electron chi connectivity index (χ3n) is 4.53. The number of nitrogens with one attached hydrogen (secondary N) is 2.